The zero-order valence-electron chi connectivity index (χ0n) is 10.3. The van der Waals surface area contributed by atoms with Gasteiger partial charge in [0, 0.05) is 13.1 Å². The lowest BCUT2D eigenvalue weighted by molar-refractivity contribution is 0.0569. The van der Waals surface area contributed by atoms with Crippen LogP contribution in [0.1, 0.15) is 19.3 Å². The molecule has 1 saturated carbocycles. The first kappa shape index (κ1) is 12.2. The van der Waals surface area contributed by atoms with Gasteiger partial charge >= 0.3 is 6.03 Å². The Morgan fingerprint density at radius 3 is 2.72 bits per heavy atom. The first-order valence-electron chi connectivity index (χ1n) is 6.19. The molecule has 18 heavy (non-hydrogen) atoms. The maximum Gasteiger partial charge on any atom is 0.323 e. The van der Waals surface area contributed by atoms with Crippen molar-refractivity contribution in [1.82, 2.24) is 15.1 Å². The highest BCUT2D eigenvalue weighted by molar-refractivity contribution is 8.00. The number of carbonyl (C=O) groups is 1. The summed E-state index contributed by atoms with van der Waals surface area (Å²) in [5, 5.41) is 11.3. The predicted octanol–water partition coefficient (Wildman–Crippen LogP) is 2.52. The number of nitrogens with zero attached hydrogens (tertiary/aromatic N) is 3. The van der Waals surface area contributed by atoms with Crippen molar-refractivity contribution in [3.05, 3.63) is 0 Å². The first-order valence-corrected chi connectivity index (χ1v) is 8.24. The second-order valence-corrected chi connectivity index (χ2v) is 6.89. The Hall–Kier alpha value is -0.820. The molecule has 2 amide bonds. The molecule has 1 aromatic heterocycles. The number of thioether (sulfide) groups is 1. The fourth-order valence-corrected chi connectivity index (χ4v) is 3.56. The minimum absolute atomic E-state index is 0.0330. The summed E-state index contributed by atoms with van der Waals surface area (Å²) in [4.78, 5) is 13.8. The number of hydrogen-bond acceptors (Lipinski definition) is 5. The average molecular weight is 284 g/mol. The molecule has 7 heteroatoms. The Balaban J connectivity index is 1.47. The van der Waals surface area contributed by atoms with Gasteiger partial charge in [0.2, 0.25) is 5.13 Å². The van der Waals surface area contributed by atoms with Gasteiger partial charge in [-0.15, -0.1) is 10.2 Å². The summed E-state index contributed by atoms with van der Waals surface area (Å²) in [6.07, 6.45) is 6.03. The first-order chi connectivity index (χ1) is 8.76. The van der Waals surface area contributed by atoms with E-state index in [0.717, 1.165) is 29.3 Å². The fourth-order valence-electron chi connectivity index (χ4n) is 2.40. The third-order valence-corrected chi connectivity index (χ3v) is 5.62. The van der Waals surface area contributed by atoms with E-state index in [4.69, 9.17) is 0 Å². The van der Waals surface area contributed by atoms with E-state index in [9.17, 15) is 4.79 Å². The lowest BCUT2D eigenvalue weighted by Crippen LogP contribution is -2.55. The molecule has 1 aromatic rings. The van der Waals surface area contributed by atoms with Gasteiger partial charge in [-0.2, -0.15) is 0 Å². The molecule has 0 atom stereocenters. The van der Waals surface area contributed by atoms with Crippen LogP contribution in [0, 0.1) is 11.8 Å². The highest BCUT2D eigenvalue weighted by Gasteiger charge is 2.38. The van der Waals surface area contributed by atoms with Crippen molar-refractivity contribution in [2.24, 2.45) is 11.8 Å². The molecule has 5 nitrogen and oxygen atoms in total. The topological polar surface area (TPSA) is 58.1 Å². The van der Waals surface area contributed by atoms with E-state index in [1.54, 1.807) is 0 Å². The fraction of sp³-hybridized carbons (Fsp3) is 0.727. The summed E-state index contributed by atoms with van der Waals surface area (Å²) in [5.74, 6) is 1.61. The van der Waals surface area contributed by atoms with Crippen molar-refractivity contribution < 1.29 is 4.79 Å². The van der Waals surface area contributed by atoms with Crippen LogP contribution in [-0.2, 0) is 0 Å². The van der Waals surface area contributed by atoms with Crippen molar-refractivity contribution in [3.8, 4) is 0 Å². The molecule has 1 N–H and O–H groups in total. The summed E-state index contributed by atoms with van der Waals surface area (Å²) in [6, 6.07) is -0.0330. The van der Waals surface area contributed by atoms with Crippen LogP contribution in [0.3, 0.4) is 0 Å². The van der Waals surface area contributed by atoms with Gasteiger partial charge in [-0.3, -0.25) is 5.32 Å². The maximum atomic E-state index is 11.9. The summed E-state index contributed by atoms with van der Waals surface area (Å²) < 4.78 is 0.876. The van der Waals surface area contributed by atoms with E-state index in [2.05, 4.69) is 15.5 Å². The van der Waals surface area contributed by atoms with Crippen LogP contribution < -0.4 is 5.32 Å². The molecule has 98 valence electrons. The largest absolute Gasteiger partial charge is 0.324 e. The predicted molar refractivity (Wildman–Crippen MR) is 73.1 cm³/mol. The van der Waals surface area contributed by atoms with E-state index in [-0.39, 0.29) is 6.03 Å². The molecule has 1 aliphatic carbocycles. The van der Waals surface area contributed by atoms with Gasteiger partial charge in [0.25, 0.3) is 0 Å². The number of amides is 2. The van der Waals surface area contributed by atoms with Gasteiger partial charge < -0.3 is 4.90 Å². The third-order valence-electron chi connectivity index (χ3n) is 3.81. The second-order valence-electron chi connectivity index (χ2n) is 4.86. The minimum atomic E-state index is -0.0330. The lowest BCUT2D eigenvalue weighted by atomic mass is 9.73. The van der Waals surface area contributed by atoms with Crippen LogP contribution in [0.4, 0.5) is 9.93 Å². The number of anilines is 1. The molecule has 2 aliphatic rings. The summed E-state index contributed by atoms with van der Waals surface area (Å²) in [7, 11) is 0. The Morgan fingerprint density at radius 2 is 2.17 bits per heavy atom. The number of rotatable bonds is 3. The molecule has 0 spiro atoms. The maximum absolute atomic E-state index is 11.9. The van der Waals surface area contributed by atoms with Gasteiger partial charge in [-0.05, 0) is 18.1 Å². The summed E-state index contributed by atoms with van der Waals surface area (Å²) in [5.41, 5.74) is 0. The van der Waals surface area contributed by atoms with Crippen molar-refractivity contribution in [3.63, 3.8) is 0 Å². The molecular weight excluding hydrogens is 268 g/mol. The van der Waals surface area contributed by atoms with E-state index < -0.39 is 0 Å². The van der Waals surface area contributed by atoms with Gasteiger partial charge in [0.15, 0.2) is 4.34 Å². The Labute approximate surface area is 114 Å². The summed E-state index contributed by atoms with van der Waals surface area (Å²) in [6.45, 7) is 1.81. The van der Waals surface area contributed by atoms with Crippen LogP contribution in [0.15, 0.2) is 4.34 Å². The third kappa shape index (κ3) is 2.33. The molecule has 1 saturated heterocycles. The molecule has 1 aliphatic heterocycles. The van der Waals surface area contributed by atoms with Crippen LogP contribution in [0.5, 0.6) is 0 Å². The van der Waals surface area contributed by atoms with Crippen molar-refractivity contribution in [2.75, 3.05) is 24.7 Å². The Morgan fingerprint density at radius 1 is 1.39 bits per heavy atom. The highest BCUT2D eigenvalue weighted by atomic mass is 32.2. The number of urea groups is 1. The van der Waals surface area contributed by atoms with Crippen LogP contribution in [0.25, 0.3) is 0 Å². The highest BCUT2D eigenvalue weighted by Crippen LogP contribution is 2.38. The minimum Gasteiger partial charge on any atom is -0.324 e. The summed E-state index contributed by atoms with van der Waals surface area (Å²) >= 11 is 2.96. The van der Waals surface area contributed by atoms with Gasteiger partial charge in [0.05, 0.1) is 0 Å². The van der Waals surface area contributed by atoms with Crippen LogP contribution >= 0.6 is 23.1 Å². The van der Waals surface area contributed by atoms with E-state index in [0.29, 0.717) is 5.13 Å². The van der Waals surface area contributed by atoms with E-state index in [1.807, 2.05) is 11.2 Å². The zero-order valence-corrected chi connectivity index (χ0v) is 11.9. The molecule has 3 rings (SSSR count). The molecule has 0 unspecified atom stereocenters. The van der Waals surface area contributed by atoms with Crippen LogP contribution in [-0.4, -0.2) is 40.5 Å². The van der Waals surface area contributed by atoms with Gasteiger partial charge in [0.1, 0.15) is 0 Å². The van der Waals surface area contributed by atoms with E-state index >= 15 is 0 Å². The molecular formula is C11H16N4OS2. The molecule has 2 heterocycles. The monoisotopic (exact) mass is 284 g/mol. The number of carbonyl (C=O) groups excluding carboxylic acids is 1. The van der Waals surface area contributed by atoms with Crippen molar-refractivity contribution in [1.29, 1.82) is 0 Å². The van der Waals surface area contributed by atoms with E-state index in [1.165, 1.54) is 42.4 Å². The average Bonchev–Trinajstić information content (AvgIpc) is 2.67. The Kier molecular flexibility index (Phi) is 3.43. The number of likely N-dealkylation sites (tertiary alicyclic amines) is 1. The molecule has 0 radical (unpaired) electrons. The van der Waals surface area contributed by atoms with Gasteiger partial charge in [-0.1, -0.05) is 42.4 Å². The number of aromatic nitrogens is 2. The SMILES string of the molecule is CSc1nnc(NC(=O)N2CC(C3CCC3)C2)s1. The molecule has 0 aromatic carbocycles. The second kappa shape index (κ2) is 5.05. The smallest absolute Gasteiger partial charge is 0.323 e. The molecule has 0 bridgehead atoms. The standard InChI is InChI=1S/C11H16N4OS2/c1-17-11-14-13-9(18-11)12-10(16)15-5-8(6-15)7-3-2-4-7/h7-8H,2-6H2,1H3,(H,12,13,16). The number of hydrogen-bond donors (Lipinski definition) is 1. The van der Waals surface area contributed by atoms with Crippen molar-refractivity contribution in [2.45, 2.75) is 23.6 Å². The van der Waals surface area contributed by atoms with Crippen LogP contribution in [0.2, 0.25) is 0 Å². The molecule has 2 fully saturated rings. The lowest BCUT2D eigenvalue weighted by Gasteiger charge is -2.46. The Bertz CT molecular complexity index is 440. The zero-order chi connectivity index (χ0) is 12.5. The number of nitrogens with one attached hydrogen (secondary N) is 1. The quantitative estimate of drug-likeness (QED) is 0.684. The normalized spacial score (nSPS) is 20.4. The van der Waals surface area contributed by atoms with Crippen molar-refractivity contribution >= 4 is 34.3 Å². The van der Waals surface area contributed by atoms with Gasteiger partial charge in [-0.25, -0.2) is 4.79 Å².